The van der Waals surface area contributed by atoms with Gasteiger partial charge >= 0.3 is 12.2 Å². The van der Waals surface area contributed by atoms with Crippen LogP contribution in [0, 0.1) is 17.5 Å². The molecule has 3 heterocycles. The number of carboxylic acid groups (broad SMARTS) is 1. The molecule has 2 N–H and O–H groups in total. The molecule has 0 saturated carbocycles. The number of nitrogens with one attached hydrogen (secondary N) is 1. The van der Waals surface area contributed by atoms with E-state index in [1.165, 1.54) is 23.0 Å². The van der Waals surface area contributed by atoms with Crippen LogP contribution in [0.2, 0.25) is 0 Å². The summed E-state index contributed by atoms with van der Waals surface area (Å²) in [5.41, 5.74) is -1.22. The van der Waals surface area contributed by atoms with E-state index in [4.69, 9.17) is 14.2 Å². The van der Waals surface area contributed by atoms with Gasteiger partial charge in [0.2, 0.25) is 0 Å². The minimum Gasteiger partial charge on any atom is -0.464 e. The summed E-state index contributed by atoms with van der Waals surface area (Å²) in [4.78, 5) is 30.0. The number of amides is 2. The van der Waals surface area contributed by atoms with Gasteiger partial charge in [-0.1, -0.05) is 18.2 Å². The van der Waals surface area contributed by atoms with Gasteiger partial charge in [0, 0.05) is 42.3 Å². The lowest BCUT2D eigenvalue weighted by Crippen LogP contribution is -2.40. The molecule has 0 bridgehead atoms. The van der Waals surface area contributed by atoms with Crippen LogP contribution in [0.15, 0.2) is 53.6 Å². The van der Waals surface area contributed by atoms with Gasteiger partial charge in [-0.2, -0.15) is 10.00 Å². The highest BCUT2D eigenvalue weighted by Gasteiger charge is 2.40. The fourth-order valence-electron chi connectivity index (χ4n) is 6.17. The molecular formula is C35H36F3N5O8S. The standard InChI is InChI=1S/C35H36F3N5O8S/c1-19(2)43-30-22(20-10-12-35(13-11-20)49-14-15-50-35)18-39-31(42(32(44)45)33(46)51-34(3,4)5)28(30)29(40-43)21-16-25(38)26(17-24(21)37)41-52(47,48)27-9-7-6-8-23(27)36/h6-10,16-19,41H,11-15H2,1-5H3,(H,44,45). The van der Waals surface area contributed by atoms with E-state index in [9.17, 15) is 27.5 Å². The molecule has 2 aromatic carbocycles. The number of ether oxygens (including phenoxy) is 3. The molecule has 276 valence electrons. The van der Waals surface area contributed by atoms with Crippen LogP contribution in [0.4, 0.5) is 34.3 Å². The van der Waals surface area contributed by atoms with Gasteiger partial charge in [-0.15, -0.1) is 0 Å². The Morgan fingerprint density at radius 3 is 2.35 bits per heavy atom. The molecule has 1 aliphatic carbocycles. The zero-order valence-corrected chi connectivity index (χ0v) is 29.7. The summed E-state index contributed by atoms with van der Waals surface area (Å²) in [6.45, 7) is 9.07. The lowest BCUT2D eigenvalue weighted by Gasteiger charge is -2.31. The number of aromatic nitrogens is 3. The van der Waals surface area contributed by atoms with Crippen LogP contribution in [0.25, 0.3) is 27.7 Å². The van der Waals surface area contributed by atoms with Gasteiger partial charge in [-0.05, 0) is 64.8 Å². The van der Waals surface area contributed by atoms with Crippen molar-refractivity contribution in [1.29, 1.82) is 0 Å². The first-order valence-electron chi connectivity index (χ1n) is 16.3. The zero-order valence-electron chi connectivity index (χ0n) is 28.9. The summed E-state index contributed by atoms with van der Waals surface area (Å²) in [5, 5.41) is 14.8. The number of benzene rings is 2. The Kier molecular flexibility index (Phi) is 9.56. The Labute approximate surface area is 297 Å². The molecule has 6 rings (SSSR count). The van der Waals surface area contributed by atoms with E-state index >= 15 is 8.78 Å². The number of carbonyl (C=O) groups is 2. The molecule has 2 aromatic heterocycles. The maximum atomic E-state index is 16.2. The van der Waals surface area contributed by atoms with Gasteiger partial charge in [0.1, 0.15) is 33.6 Å². The van der Waals surface area contributed by atoms with Crippen molar-refractivity contribution in [2.24, 2.45) is 0 Å². The Hall–Kier alpha value is -5.00. The molecule has 0 radical (unpaired) electrons. The lowest BCUT2D eigenvalue weighted by atomic mass is 9.89. The van der Waals surface area contributed by atoms with Crippen LogP contribution in [-0.4, -0.2) is 65.1 Å². The Morgan fingerprint density at radius 2 is 1.75 bits per heavy atom. The third-order valence-electron chi connectivity index (χ3n) is 8.45. The molecule has 2 amide bonds. The zero-order chi connectivity index (χ0) is 37.7. The largest absolute Gasteiger partial charge is 0.464 e. The van der Waals surface area contributed by atoms with Crippen LogP contribution in [0.1, 0.15) is 65.5 Å². The molecule has 1 aliphatic heterocycles. The Balaban J connectivity index is 1.57. The first kappa shape index (κ1) is 36.8. The van der Waals surface area contributed by atoms with Crippen LogP contribution in [0.5, 0.6) is 0 Å². The molecule has 1 saturated heterocycles. The predicted molar refractivity (Wildman–Crippen MR) is 184 cm³/mol. The van der Waals surface area contributed by atoms with Gasteiger partial charge in [0.05, 0.1) is 29.8 Å². The van der Waals surface area contributed by atoms with E-state index in [0.717, 1.165) is 17.7 Å². The summed E-state index contributed by atoms with van der Waals surface area (Å²) < 4.78 is 92.6. The van der Waals surface area contributed by atoms with E-state index < -0.39 is 79.1 Å². The highest BCUT2D eigenvalue weighted by molar-refractivity contribution is 7.92. The number of carbonyl (C=O) groups excluding carboxylic acids is 1. The molecule has 1 spiro atoms. The second kappa shape index (κ2) is 13.5. The molecule has 2 aliphatic rings. The average molecular weight is 744 g/mol. The fraction of sp³-hybridized carbons (Fsp3) is 0.371. The molecule has 13 nitrogen and oxygen atoms in total. The minimum atomic E-state index is -4.69. The monoisotopic (exact) mass is 743 g/mol. The number of fused-ring (bicyclic) bond motifs is 1. The van der Waals surface area contributed by atoms with E-state index in [1.807, 2.05) is 10.8 Å². The van der Waals surface area contributed by atoms with E-state index in [0.29, 0.717) is 50.2 Å². The summed E-state index contributed by atoms with van der Waals surface area (Å²) in [5.74, 6) is -4.79. The van der Waals surface area contributed by atoms with Gasteiger partial charge in [0.25, 0.3) is 10.0 Å². The van der Waals surface area contributed by atoms with Crippen molar-refractivity contribution in [1.82, 2.24) is 14.8 Å². The molecule has 52 heavy (non-hydrogen) atoms. The van der Waals surface area contributed by atoms with Crippen molar-refractivity contribution < 1.29 is 50.5 Å². The highest BCUT2D eigenvalue weighted by atomic mass is 32.2. The summed E-state index contributed by atoms with van der Waals surface area (Å²) >= 11 is 0. The van der Waals surface area contributed by atoms with Crippen LogP contribution < -0.4 is 9.62 Å². The second-order valence-corrected chi connectivity index (χ2v) is 15.2. The van der Waals surface area contributed by atoms with Crippen LogP contribution in [0.3, 0.4) is 0 Å². The summed E-state index contributed by atoms with van der Waals surface area (Å²) in [7, 11) is -4.69. The van der Waals surface area contributed by atoms with E-state index in [1.54, 1.807) is 34.6 Å². The SMILES string of the molecule is CC(C)n1nc(-c2cc(F)c(NS(=O)(=O)c3ccccc3F)cc2F)c2c(N(C(=O)O)C(=O)OC(C)(C)C)ncc(C3=CCC4(CC3)OCCO4)c21. The Morgan fingerprint density at radius 1 is 1.06 bits per heavy atom. The molecule has 0 unspecified atom stereocenters. The summed E-state index contributed by atoms with van der Waals surface area (Å²) in [6.07, 6.45) is 1.57. The number of hydrogen-bond donors (Lipinski definition) is 2. The fourth-order valence-corrected chi connectivity index (χ4v) is 7.30. The highest BCUT2D eigenvalue weighted by Crippen LogP contribution is 2.45. The minimum absolute atomic E-state index is 0.119. The predicted octanol–water partition coefficient (Wildman–Crippen LogP) is 7.63. The van der Waals surface area contributed by atoms with Gasteiger partial charge < -0.3 is 19.3 Å². The molecule has 17 heteroatoms. The maximum Gasteiger partial charge on any atom is 0.425 e. The first-order chi connectivity index (χ1) is 24.4. The van der Waals surface area contributed by atoms with Gasteiger partial charge in [-0.3, -0.25) is 9.40 Å². The molecular weight excluding hydrogens is 707 g/mol. The number of sulfonamides is 1. The first-order valence-corrected chi connectivity index (χ1v) is 17.8. The smallest absolute Gasteiger partial charge is 0.425 e. The quantitative estimate of drug-likeness (QED) is 0.193. The Bertz CT molecular complexity index is 2230. The number of nitrogens with zero attached hydrogens (tertiary/aromatic N) is 4. The molecule has 0 atom stereocenters. The van der Waals surface area contributed by atoms with Gasteiger partial charge in [-0.25, -0.2) is 36.2 Å². The van der Waals surface area contributed by atoms with Crippen molar-refractivity contribution >= 4 is 50.2 Å². The maximum absolute atomic E-state index is 16.2. The average Bonchev–Trinajstić information content (AvgIpc) is 3.68. The summed E-state index contributed by atoms with van der Waals surface area (Å²) in [6, 6.07) is 5.20. The van der Waals surface area contributed by atoms with Crippen molar-refractivity contribution in [2.75, 3.05) is 22.8 Å². The van der Waals surface area contributed by atoms with Crippen molar-refractivity contribution in [2.45, 2.75) is 76.2 Å². The number of imide groups is 1. The van der Waals surface area contributed by atoms with Gasteiger partial charge in [0.15, 0.2) is 11.6 Å². The lowest BCUT2D eigenvalue weighted by molar-refractivity contribution is -0.159. The third-order valence-corrected chi connectivity index (χ3v) is 9.85. The van der Waals surface area contributed by atoms with E-state index in [2.05, 4.69) is 10.1 Å². The molecule has 1 fully saturated rings. The van der Waals surface area contributed by atoms with Crippen molar-refractivity contribution in [3.8, 4) is 11.3 Å². The number of anilines is 2. The number of halogens is 3. The van der Waals surface area contributed by atoms with E-state index in [-0.39, 0.29) is 21.5 Å². The second-order valence-electron chi connectivity index (χ2n) is 13.6. The number of rotatable bonds is 7. The van der Waals surface area contributed by atoms with Crippen LogP contribution in [-0.2, 0) is 24.2 Å². The molecule has 4 aromatic rings. The number of pyridine rings is 1. The number of hydrogen-bond acceptors (Lipinski definition) is 9. The number of allylic oxidation sites excluding steroid dienone is 1. The van der Waals surface area contributed by atoms with Crippen molar-refractivity contribution in [3.05, 3.63) is 71.7 Å². The normalized spacial score (nSPS) is 16.0. The van der Waals surface area contributed by atoms with Crippen molar-refractivity contribution in [3.63, 3.8) is 0 Å². The van der Waals surface area contributed by atoms with Crippen LogP contribution >= 0.6 is 0 Å². The topological polar surface area (TPSA) is 162 Å². The third kappa shape index (κ3) is 6.95.